The van der Waals surface area contributed by atoms with Crippen LogP contribution < -0.4 is 30.7 Å². The van der Waals surface area contributed by atoms with Gasteiger partial charge in [0.1, 0.15) is 11.5 Å². The lowest BCUT2D eigenvalue weighted by Gasteiger charge is -2.46. The molecular weight excluding hydrogens is 528 g/mol. The number of carbonyl (C=O) groups excluding carboxylic acids is 2. The maximum Gasteiger partial charge on any atom is 0.315 e. The molecular formula is C34H52N4O4. The summed E-state index contributed by atoms with van der Waals surface area (Å²) >= 11 is 0. The van der Waals surface area contributed by atoms with E-state index in [2.05, 4.69) is 55.9 Å². The van der Waals surface area contributed by atoms with Gasteiger partial charge in [-0.3, -0.25) is 0 Å². The number of urea groups is 2. The van der Waals surface area contributed by atoms with Gasteiger partial charge in [-0.2, -0.15) is 0 Å². The van der Waals surface area contributed by atoms with E-state index in [-0.39, 0.29) is 28.9 Å². The number of unbranched alkanes of at least 4 members (excludes halogenated alkanes) is 2. The highest BCUT2D eigenvalue weighted by atomic mass is 16.5. The average Bonchev–Trinajstić information content (AvgIpc) is 2.94. The third-order valence-corrected chi connectivity index (χ3v) is 7.79. The summed E-state index contributed by atoms with van der Waals surface area (Å²) in [4.78, 5) is 25.7. The number of hydrogen-bond donors (Lipinski definition) is 4. The minimum atomic E-state index is -0.204. The fourth-order valence-corrected chi connectivity index (χ4v) is 6.05. The van der Waals surface area contributed by atoms with Crippen LogP contribution in [-0.4, -0.2) is 37.9 Å². The summed E-state index contributed by atoms with van der Waals surface area (Å²) in [5, 5.41) is 12.3. The first kappa shape index (κ1) is 33.1. The first-order valence-electron chi connectivity index (χ1n) is 15.6. The van der Waals surface area contributed by atoms with E-state index < -0.39 is 0 Å². The normalized spacial score (nSPS) is 19.4. The van der Waals surface area contributed by atoms with Crippen LogP contribution in [0.25, 0.3) is 0 Å². The van der Waals surface area contributed by atoms with Crippen molar-refractivity contribution in [3.05, 3.63) is 59.7 Å². The molecule has 0 bridgehead atoms. The number of para-hydroxylation sites is 2. The zero-order chi connectivity index (χ0) is 30.4. The molecule has 1 fully saturated rings. The van der Waals surface area contributed by atoms with E-state index in [0.717, 1.165) is 67.6 Å². The van der Waals surface area contributed by atoms with Gasteiger partial charge in [0.2, 0.25) is 0 Å². The lowest BCUT2D eigenvalue weighted by atomic mass is 9.62. The zero-order valence-electron chi connectivity index (χ0n) is 26.3. The van der Waals surface area contributed by atoms with Crippen LogP contribution in [0.1, 0.15) is 90.7 Å². The van der Waals surface area contributed by atoms with Crippen molar-refractivity contribution in [2.24, 2.45) is 10.8 Å². The molecule has 1 aliphatic carbocycles. The predicted molar refractivity (Wildman–Crippen MR) is 169 cm³/mol. The van der Waals surface area contributed by atoms with Gasteiger partial charge in [0.25, 0.3) is 0 Å². The van der Waals surface area contributed by atoms with Gasteiger partial charge in [0.05, 0.1) is 13.2 Å². The quantitative estimate of drug-likeness (QED) is 0.172. The molecule has 8 heteroatoms. The lowest BCUT2D eigenvalue weighted by molar-refractivity contribution is 0.0749. The summed E-state index contributed by atoms with van der Waals surface area (Å²) in [5.74, 6) is 1.63. The Morgan fingerprint density at radius 2 is 1.29 bits per heavy atom. The molecule has 0 aliphatic heterocycles. The van der Waals surface area contributed by atoms with Gasteiger partial charge < -0.3 is 30.7 Å². The predicted octanol–water partition coefficient (Wildman–Crippen LogP) is 6.93. The second kappa shape index (κ2) is 16.3. The van der Waals surface area contributed by atoms with E-state index in [0.29, 0.717) is 32.8 Å². The lowest BCUT2D eigenvalue weighted by Crippen LogP contribution is -2.52. The maximum atomic E-state index is 12.9. The van der Waals surface area contributed by atoms with Crippen LogP contribution in [0.3, 0.4) is 0 Å². The molecule has 0 heterocycles. The second-order valence-corrected chi connectivity index (χ2v) is 12.7. The summed E-state index contributed by atoms with van der Waals surface area (Å²) in [6.45, 7) is 13.6. The van der Waals surface area contributed by atoms with Crippen LogP contribution in [0.15, 0.2) is 48.5 Å². The molecule has 4 amide bonds. The number of nitrogens with one attached hydrogen (secondary N) is 4. The molecule has 8 nitrogen and oxygen atoms in total. The van der Waals surface area contributed by atoms with Crippen LogP contribution >= 0.6 is 0 Å². The summed E-state index contributed by atoms with van der Waals surface area (Å²) in [5.41, 5.74) is 1.79. The highest BCUT2D eigenvalue weighted by Crippen LogP contribution is 2.45. The standard InChI is InChI=1S/C34H52N4O4/c1-6-8-18-41-29-16-12-10-14-26(29)22-35-31(39)37-25-34(5)21-28(20-33(3,4)24-34)38-32(40)36-23-27-15-11-13-17-30(27)42-19-9-7-2/h10-17,28H,6-9,18-25H2,1-5H3,(H2,35,37,39)(H2,36,38,40)/t28-,34-/m0/s1. The summed E-state index contributed by atoms with van der Waals surface area (Å²) in [6.07, 6.45) is 6.76. The van der Waals surface area contributed by atoms with Crippen molar-refractivity contribution in [2.75, 3.05) is 19.8 Å². The molecule has 2 aromatic carbocycles. The molecule has 42 heavy (non-hydrogen) atoms. The van der Waals surface area contributed by atoms with Crippen LogP contribution in [0.4, 0.5) is 9.59 Å². The summed E-state index contributed by atoms with van der Waals surface area (Å²) < 4.78 is 11.8. The Morgan fingerprint density at radius 3 is 1.83 bits per heavy atom. The van der Waals surface area contributed by atoms with Gasteiger partial charge in [0.15, 0.2) is 0 Å². The molecule has 3 rings (SSSR count). The Labute approximate surface area is 252 Å². The summed E-state index contributed by atoms with van der Waals surface area (Å²) in [7, 11) is 0. The van der Waals surface area contributed by atoms with Crippen molar-refractivity contribution < 1.29 is 19.1 Å². The van der Waals surface area contributed by atoms with Gasteiger partial charge >= 0.3 is 12.1 Å². The van der Waals surface area contributed by atoms with E-state index in [4.69, 9.17) is 9.47 Å². The Bertz CT molecular complexity index is 1140. The van der Waals surface area contributed by atoms with Crippen molar-refractivity contribution in [3.63, 3.8) is 0 Å². The van der Waals surface area contributed by atoms with Gasteiger partial charge in [0, 0.05) is 36.8 Å². The number of carbonyl (C=O) groups is 2. The largest absolute Gasteiger partial charge is 0.493 e. The number of benzene rings is 2. The van der Waals surface area contributed by atoms with Crippen LogP contribution in [0.2, 0.25) is 0 Å². The number of hydrogen-bond acceptors (Lipinski definition) is 4. The fourth-order valence-electron chi connectivity index (χ4n) is 6.05. The Morgan fingerprint density at radius 1 is 0.762 bits per heavy atom. The Hall–Kier alpha value is -3.42. The van der Waals surface area contributed by atoms with Gasteiger partial charge in [-0.05, 0) is 55.1 Å². The fraction of sp³-hybridized carbons (Fsp3) is 0.588. The molecule has 0 unspecified atom stereocenters. The third-order valence-electron chi connectivity index (χ3n) is 7.79. The van der Waals surface area contributed by atoms with Crippen molar-refractivity contribution in [3.8, 4) is 11.5 Å². The van der Waals surface area contributed by atoms with E-state index in [1.54, 1.807) is 0 Å². The summed E-state index contributed by atoms with van der Waals surface area (Å²) in [6, 6.07) is 15.3. The number of rotatable bonds is 15. The highest BCUT2D eigenvalue weighted by Gasteiger charge is 2.41. The van der Waals surface area contributed by atoms with Crippen molar-refractivity contribution in [1.82, 2.24) is 21.3 Å². The molecule has 4 N–H and O–H groups in total. The maximum absolute atomic E-state index is 12.9. The van der Waals surface area contributed by atoms with Gasteiger partial charge in [-0.15, -0.1) is 0 Å². The zero-order valence-corrected chi connectivity index (χ0v) is 26.3. The molecule has 0 aromatic heterocycles. The highest BCUT2D eigenvalue weighted by molar-refractivity contribution is 5.74. The van der Waals surface area contributed by atoms with Crippen molar-refractivity contribution in [2.45, 2.75) is 98.7 Å². The molecule has 0 spiro atoms. The van der Waals surface area contributed by atoms with E-state index in [1.165, 1.54) is 0 Å². The second-order valence-electron chi connectivity index (χ2n) is 12.7. The number of ether oxygens (including phenoxy) is 2. The Balaban J connectivity index is 1.49. The molecule has 1 aliphatic rings. The minimum absolute atomic E-state index is 0.00630. The van der Waals surface area contributed by atoms with E-state index in [9.17, 15) is 9.59 Å². The SMILES string of the molecule is CCCCOc1ccccc1CNC(=O)NC[C@@]1(C)C[C@@H](NC(=O)NCc2ccccc2OCCCC)CC(C)(C)C1. The minimum Gasteiger partial charge on any atom is -0.493 e. The Kier molecular flexibility index (Phi) is 12.8. The van der Waals surface area contributed by atoms with Gasteiger partial charge in [-0.25, -0.2) is 9.59 Å². The topological polar surface area (TPSA) is 101 Å². The molecule has 2 aromatic rings. The third kappa shape index (κ3) is 11.1. The molecule has 0 radical (unpaired) electrons. The van der Waals surface area contributed by atoms with Crippen molar-refractivity contribution in [1.29, 1.82) is 0 Å². The molecule has 2 atom stereocenters. The van der Waals surface area contributed by atoms with E-state index in [1.807, 2.05) is 48.5 Å². The van der Waals surface area contributed by atoms with Crippen LogP contribution in [0.5, 0.6) is 11.5 Å². The smallest absolute Gasteiger partial charge is 0.315 e. The molecule has 232 valence electrons. The molecule has 1 saturated carbocycles. The number of amides is 4. The van der Waals surface area contributed by atoms with E-state index >= 15 is 0 Å². The van der Waals surface area contributed by atoms with Gasteiger partial charge in [-0.1, -0.05) is 83.9 Å². The average molecular weight is 581 g/mol. The van der Waals surface area contributed by atoms with Crippen molar-refractivity contribution >= 4 is 12.1 Å². The first-order valence-corrected chi connectivity index (χ1v) is 15.6. The monoisotopic (exact) mass is 580 g/mol. The van der Waals surface area contributed by atoms with Crippen LogP contribution in [0, 0.1) is 10.8 Å². The first-order chi connectivity index (χ1) is 20.1. The molecule has 0 saturated heterocycles. The van der Waals surface area contributed by atoms with Crippen LogP contribution in [-0.2, 0) is 13.1 Å².